The monoisotopic (exact) mass is 230 g/mol. The first kappa shape index (κ1) is 15.4. The molecule has 0 aromatic carbocycles. The predicted octanol–water partition coefficient (Wildman–Crippen LogP) is 1.03. The van der Waals surface area contributed by atoms with Crippen LogP contribution in [0.4, 0.5) is 0 Å². The quantitative estimate of drug-likeness (QED) is 0.583. The number of hydrogen-bond acceptors (Lipinski definition) is 3. The van der Waals surface area contributed by atoms with Crippen molar-refractivity contribution in [1.29, 1.82) is 0 Å². The Morgan fingerprint density at radius 1 is 1.50 bits per heavy atom. The third-order valence-corrected chi connectivity index (χ3v) is 2.69. The van der Waals surface area contributed by atoms with E-state index in [-0.39, 0.29) is 17.9 Å². The zero-order chi connectivity index (χ0) is 12.6. The maximum Gasteiger partial charge on any atom is 0.236 e. The molecule has 1 atom stereocenters. The lowest BCUT2D eigenvalue weighted by atomic mass is 9.88. The van der Waals surface area contributed by atoms with E-state index in [0.29, 0.717) is 6.54 Å². The lowest BCUT2D eigenvalue weighted by Crippen LogP contribution is -2.44. The van der Waals surface area contributed by atoms with Gasteiger partial charge in [-0.15, -0.1) is 0 Å². The summed E-state index contributed by atoms with van der Waals surface area (Å²) >= 11 is 0. The van der Waals surface area contributed by atoms with E-state index in [1.54, 1.807) is 0 Å². The number of carbonyl (C=O) groups excluding carboxylic acids is 1. The van der Waals surface area contributed by atoms with Gasteiger partial charge < -0.3 is 16.2 Å². The lowest BCUT2D eigenvalue weighted by molar-refractivity contribution is -0.123. The Balaban J connectivity index is 3.89. The van der Waals surface area contributed by atoms with Gasteiger partial charge in [0.1, 0.15) is 0 Å². The van der Waals surface area contributed by atoms with Crippen LogP contribution in [0.2, 0.25) is 0 Å². The van der Waals surface area contributed by atoms with Crippen molar-refractivity contribution in [1.82, 2.24) is 5.32 Å². The molecule has 0 spiro atoms. The van der Waals surface area contributed by atoms with Crippen LogP contribution in [0, 0.1) is 5.41 Å². The molecular formula is C12H26N2O2. The second-order valence-corrected chi connectivity index (χ2v) is 5.10. The van der Waals surface area contributed by atoms with Crippen molar-refractivity contribution < 1.29 is 9.90 Å². The molecule has 0 heterocycles. The smallest absolute Gasteiger partial charge is 0.236 e. The Hall–Kier alpha value is -0.610. The van der Waals surface area contributed by atoms with E-state index < -0.39 is 6.04 Å². The number of carbonyl (C=O) groups is 1. The minimum atomic E-state index is -0.390. The zero-order valence-electron chi connectivity index (χ0n) is 10.8. The summed E-state index contributed by atoms with van der Waals surface area (Å²) in [7, 11) is 0. The van der Waals surface area contributed by atoms with E-state index in [9.17, 15) is 4.79 Å². The molecule has 0 aromatic rings. The molecule has 96 valence electrons. The average Bonchev–Trinajstić information content (AvgIpc) is 2.23. The van der Waals surface area contributed by atoms with Crippen LogP contribution in [0.5, 0.6) is 0 Å². The molecule has 4 N–H and O–H groups in total. The van der Waals surface area contributed by atoms with Crippen molar-refractivity contribution in [2.24, 2.45) is 11.1 Å². The molecule has 0 rings (SSSR count). The fourth-order valence-electron chi connectivity index (χ4n) is 1.55. The third kappa shape index (κ3) is 6.80. The number of nitrogens with two attached hydrogens (primary N) is 1. The van der Waals surface area contributed by atoms with Crippen LogP contribution in [-0.4, -0.2) is 30.2 Å². The maximum absolute atomic E-state index is 11.6. The Morgan fingerprint density at radius 3 is 2.62 bits per heavy atom. The van der Waals surface area contributed by atoms with Crippen LogP contribution in [-0.2, 0) is 4.79 Å². The van der Waals surface area contributed by atoms with Crippen molar-refractivity contribution in [2.45, 2.75) is 52.5 Å². The molecule has 4 nitrogen and oxygen atoms in total. The summed E-state index contributed by atoms with van der Waals surface area (Å²) in [5, 5.41) is 11.6. The SMILES string of the molecule is CCCC(N)C(=O)NCC(C)(C)CCCO. The summed E-state index contributed by atoms with van der Waals surface area (Å²) in [5.41, 5.74) is 5.72. The molecule has 0 aliphatic heterocycles. The van der Waals surface area contributed by atoms with E-state index in [1.807, 2.05) is 6.92 Å². The van der Waals surface area contributed by atoms with Gasteiger partial charge in [0, 0.05) is 13.2 Å². The number of hydrogen-bond donors (Lipinski definition) is 3. The summed E-state index contributed by atoms with van der Waals surface area (Å²) < 4.78 is 0. The van der Waals surface area contributed by atoms with E-state index in [1.165, 1.54) is 0 Å². The van der Waals surface area contributed by atoms with Crippen LogP contribution < -0.4 is 11.1 Å². The highest BCUT2D eigenvalue weighted by Crippen LogP contribution is 2.20. The fraction of sp³-hybridized carbons (Fsp3) is 0.917. The van der Waals surface area contributed by atoms with E-state index in [0.717, 1.165) is 25.7 Å². The van der Waals surface area contributed by atoms with Gasteiger partial charge in [-0.3, -0.25) is 4.79 Å². The van der Waals surface area contributed by atoms with E-state index >= 15 is 0 Å². The Kier molecular flexibility index (Phi) is 7.34. The van der Waals surface area contributed by atoms with Crippen molar-refractivity contribution in [2.75, 3.05) is 13.2 Å². The first-order valence-corrected chi connectivity index (χ1v) is 6.07. The van der Waals surface area contributed by atoms with Gasteiger partial charge in [-0.2, -0.15) is 0 Å². The molecule has 0 aliphatic rings. The minimum absolute atomic E-state index is 0.0182. The summed E-state index contributed by atoms with van der Waals surface area (Å²) in [5.74, 6) is -0.0704. The molecule has 4 heteroatoms. The highest BCUT2D eigenvalue weighted by Gasteiger charge is 2.20. The van der Waals surface area contributed by atoms with Gasteiger partial charge in [0.25, 0.3) is 0 Å². The number of rotatable bonds is 8. The number of aliphatic hydroxyl groups excluding tert-OH is 1. The molecular weight excluding hydrogens is 204 g/mol. The largest absolute Gasteiger partial charge is 0.396 e. The maximum atomic E-state index is 11.6. The Labute approximate surface area is 98.6 Å². The summed E-state index contributed by atoms with van der Waals surface area (Å²) in [6.07, 6.45) is 3.31. The van der Waals surface area contributed by atoms with Crippen molar-refractivity contribution in [3.8, 4) is 0 Å². The fourth-order valence-corrected chi connectivity index (χ4v) is 1.55. The van der Waals surface area contributed by atoms with E-state index in [4.69, 9.17) is 10.8 Å². The Morgan fingerprint density at radius 2 is 2.12 bits per heavy atom. The molecule has 0 radical (unpaired) electrons. The zero-order valence-corrected chi connectivity index (χ0v) is 10.8. The Bertz CT molecular complexity index is 205. The molecule has 0 saturated carbocycles. The summed E-state index contributed by atoms with van der Waals surface area (Å²) in [6.45, 7) is 6.98. The van der Waals surface area contributed by atoms with Gasteiger partial charge in [0.15, 0.2) is 0 Å². The minimum Gasteiger partial charge on any atom is -0.396 e. The van der Waals surface area contributed by atoms with Crippen LogP contribution in [0.15, 0.2) is 0 Å². The highest BCUT2D eigenvalue weighted by atomic mass is 16.2. The van der Waals surface area contributed by atoms with Crippen LogP contribution >= 0.6 is 0 Å². The van der Waals surface area contributed by atoms with Gasteiger partial charge in [-0.05, 0) is 24.7 Å². The lowest BCUT2D eigenvalue weighted by Gasteiger charge is -2.25. The predicted molar refractivity (Wildman–Crippen MR) is 66.0 cm³/mol. The van der Waals surface area contributed by atoms with Gasteiger partial charge in [0.05, 0.1) is 6.04 Å². The molecule has 0 aromatic heterocycles. The standard InChI is InChI=1S/C12H26N2O2/c1-4-6-10(13)11(16)14-9-12(2,3)7-5-8-15/h10,15H,4-9,13H2,1-3H3,(H,14,16). The molecule has 16 heavy (non-hydrogen) atoms. The van der Waals surface area contributed by atoms with Crippen molar-refractivity contribution in [3.05, 3.63) is 0 Å². The second kappa shape index (κ2) is 7.63. The summed E-state index contributed by atoms with van der Waals surface area (Å²) in [4.78, 5) is 11.6. The van der Waals surface area contributed by atoms with Crippen LogP contribution in [0.3, 0.4) is 0 Å². The molecule has 0 bridgehead atoms. The number of nitrogens with one attached hydrogen (secondary N) is 1. The normalized spacial score (nSPS) is 13.6. The number of aliphatic hydroxyl groups is 1. The average molecular weight is 230 g/mol. The molecule has 0 saturated heterocycles. The van der Waals surface area contributed by atoms with Crippen molar-refractivity contribution >= 4 is 5.91 Å². The van der Waals surface area contributed by atoms with Crippen LogP contribution in [0.1, 0.15) is 46.5 Å². The molecule has 0 fully saturated rings. The van der Waals surface area contributed by atoms with Crippen LogP contribution in [0.25, 0.3) is 0 Å². The van der Waals surface area contributed by atoms with Gasteiger partial charge in [0.2, 0.25) is 5.91 Å². The molecule has 0 aliphatic carbocycles. The van der Waals surface area contributed by atoms with Gasteiger partial charge in [-0.1, -0.05) is 27.2 Å². The highest BCUT2D eigenvalue weighted by molar-refractivity contribution is 5.81. The first-order valence-electron chi connectivity index (χ1n) is 6.07. The molecule has 1 amide bonds. The topological polar surface area (TPSA) is 75.4 Å². The third-order valence-electron chi connectivity index (χ3n) is 2.69. The van der Waals surface area contributed by atoms with Gasteiger partial charge >= 0.3 is 0 Å². The first-order chi connectivity index (χ1) is 7.43. The summed E-state index contributed by atoms with van der Waals surface area (Å²) in [6, 6.07) is -0.390. The van der Waals surface area contributed by atoms with E-state index in [2.05, 4.69) is 19.2 Å². The van der Waals surface area contributed by atoms with Crippen molar-refractivity contribution in [3.63, 3.8) is 0 Å². The van der Waals surface area contributed by atoms with Gasteiger partial charge in [-0.25, -0.2) is 0 Å². The molecule has 1 unspecified atom stereocenters. The number of amides is 1. The second-order valence-electron chi connectivity index (χ2n) is 5.10.